The molecule has 0 aromatic heterocycles. The maximum Gasteiger partial charge on any atom is 0.311 e. The summed E-state index contributed by atoms with van der Waals surface area (Å²) < 4.78 is 5.41. The molecular weight excluding hydrogens is 212 g/mol. The Labute approximate surface area is 104 Å². The summed E-state index contributed by atoms with van der Waals surface area (Å²) in [5.74, 6) is 0.963. The fraction of sp³-hybridized carbons (Fsp3) is 0.533. The van der Waals surface area contributed by atoms with E-state index in [0.29, 0.717) is 18.1 Å². The number of rotatable bonds is 6. The highest BCUT2D eigenvalue weighted by atomic mass is 16.5. The Hall–Kier alpha value is -1.31. The summed E-state index contributed by atoms with van der Waals surface area (Å²) in [6, 6.07) is 7.76. The van der Waals surface area contributed by atoms with Gasteiger partial charge in [0.15, 0.2) is 0 Å². The molecule has 0 amide bonds. The molecule has 0 bridgehead atoms. The minimum Gasteiger partial charge on any atom is -0.426 e. The van der Waals surface area contributed by atoms with E-state index in [0.717, 1.165) is 24.8 Å². The molecule has 0 unspecified atom stereocenters. The fourth-order valence-electron chi connectivity index (χ4n) is 1.74. The molecule has 0 aliphatic rings. The molecule has 0 aliphatic heterocycles. The first-order chi connectivity index (χ1) is 8.15. The first-order valence-corrected chi connectivity index (χ1v) is 6.44. The van der Waals surface area contributed by atoms with Gasteiger partial charge < -0.3 is 4.74 Å². The predicted octanol–water partition coefficient (Wildman–Crippen LogP) is 4.30. The van der Waals surface area contributed by atoms with Crippen LogP contribution in [-0.4, -0.2) is 5.97 Å². The van der Waals surface area contributed by atoms with Gasteiger partial charge in [0.05, 0.1) is 0 Å². The van der Waals surface area contributed by atoms with Crippen molar-refractivity contribution in [2.45, 2.75) is 52.4 Å². The molecule has 1 aromatic carbocycles. The summed E-state index contributed by atoms with van der Waals surface area (Å²) >= 11 is 0. The van der Waals surface area contributed by atoms with Crippen molar-refractivity contribution in [1.29, 1.82) is 0 Å². The third-order valence-electron chi connectivity index (χ3n) is 2.75. The number of para-hydroxylation sites is 1. The Morgan fingerprint density at radius 1 is 1.24 bits per heavy atom. The number of esters is 1. The highest BCUT2D eigenvalue weighted by Gasteiger charge is 2.10. The molecule has 2 nitrogen and oxygen atoms in total. The summed E-state index contributed by atoms with van der Waals surface area (Å²) in [5.41, 5.74) is 1.09. The molecule has 0 saturated heterocycles. The zero-order chi connectivity index (χ0) is 12.7. The molecule has 0 spiro atoms. The molecule has 1 aromatic rings. The van der Waals surface area contributed by atoms with E-state index in [9.17, 15) is 4.79 Å². The Kier molecular flexibility index (Phi) is 5.75. The molecule has 17 heavy (non-hydrogen) atoms. The highest BCUT2D eigenvalue weighted by Crippen LogP contribution is 2.26. The summed E-state index contributed by atoms with van der Waals surface area (Å²) in [6.45, 7) is 6.33. The number of carbonyl (C=O) groups excluding carboxylic acids is 1. The maximum atomic E-state index is 11.6. The largest absolute Gasteiger partial charge is 0.426 e. The Morgan fingerprint density at radius 3 is 2.59 bits per heavy atom. The lowest BCUT2D eigenvalue weighted by molar-refractivity contribution is -0.134. The van der Waals surface area contributed by atoms with Crippen molar-refractivity contribution >= 4 is 5.97 Å². The van der Waals surface area contributed by atoms with Crippen LogP contribution >= 0.6 is 0 Å². The lowest BCUT2D eigenvalue weighted by Crippen LogP contribution is -2.09. The van der Waals surface area contributed by atoms with Crippen LogP contribution in [-0.2, 0) is 4.79 Å². The van der Waals surface area contributed by atoms with E-state index in [1.54, 1.807) is 0 Å². The second kappa shape index (κ2) is 7.10. The van der Waals surface area contributed by atoms with Crippen LogP contribution in [0.4, 0.5) is 0 Å². The second-order valence-corrected chi connectivity index (χ2v) is 4.62. The van der Waals surface area contributed by atoms with E-state index in [2.05, 4.69) is 20.8 Å². The lowest BCUT2D eigenvalue weighted by atomic mass is 10.0. The van der Waals surface area contributed by atoms with Crippen LogP contribution in [0.3, 0.4) is 0 Å². The lowest BCUT2D eigenvalue weighted by Gasteiger charge is -2.12. The molecule has 0 atom stereocenters. The van der Waals surface area contributed by atoms with Gasteiger partial charge in [-0.05, 0) is 24.0 Å². The Morgan fingerprint density at radius 2 is 1.94 bits per heavy atom. The van der Waals surface area contributed by atoms with Crippen molar-refractivity contribution < 1.29 is 9.53 Å². The van der Waals surface area contributed by atoms with Crippen LogP contribution in [0.5, 0.6) is 5.75 Å². The summed E-state index contributed by atoms with van der Waals surface area (Å²) in [4.78, 5) is 11.6. The number of unbranched alkanes of at least 4 members (excludes halogenated alkanes) is 2. The fourth-order valence-corrected chi connectivity index (χ4v) is 1.74. The molecule has 0 radical (unpaired) electrons. The van der Waals surface area contributed by atoms with Crippen molar-refractivity contribution in [3.63, 3.8) is 0 Å². The predicted molar refractivity (Wildman–Crippen MR) is 70.3 cm³/mol. The first-order valence-electron chi connectivity index (χ1n) is 6.44. The van der Waals surface area contributed by atoms with Crippen molar-refractivity contribution in [3.05, 3.63) is 29.8 Å². The van der Waals surface area contributed by atoms with Crippen LogP contribution in [0.1, 0.15) is 57.9 Å². The van der Waals surface area contributed by atoms with Gasteiger partial charge in [0, 0.05) is 6.42 Å². The topological polar surface area (TPSA) is 26.3 Å². The minimum atomic E-state index is -0.119. The van der Waals surface area contributed by atoms with Gasteiger partial charge in [0.1, 0.15) is 5.75 Å². The van der Waals surface area contributed by atoms with Gasteiger partial charge in [-0.25, -0.2) is 0 Å². The van der Waals surface area contributed by atoms with Crippen LogP contribution in [0, 0.1) is 0 Å². The van der Waals surface area contributed by atoms with Crippen LogP contribution in [0.15, 0.2) is 24.3 Å². The van der Waals surface area contributed by atoms with E-state index in [-0.39, 0.29) is 5.97 Å². The number of hydrogen-bond acceptors (Lipinski definition) is 2. The molecule has 0 fully saturated rings. The molecule has 0 saturated carbocycles. The molecular formula is C15H22O2. The third-order valence-corrected chi connectivity index (χ3v) is 2.75. The van der Waals surface area contributed by atoms with E-state index in [4.69, 9.17) is 4.74 Å². The van der Waals surface area contributed by atoms with Crippen molar-refractivity contribution in [2.24, 2.45) is 0 Å². The monoisotopic (exact) mass is 234 g/mol. The smallest absolute Gasteiger partial charge is 0.311 e. The molecule has 1 rings (SSSR count). The molecule has 0 aliphatic carbocycles. The standard InChI is InChI=1S/C15H22O2/c1-4-5-6-11-15(16)17-14-10-8-7-9-13(14)12(2)3/h7-10,12H,4-6,11H2,1-3H3. The van der Waals surface area contributed by atoms with Crippen molar-refractivity contribution in [1.82, 2.24) is 0 Å². The Balaban J connectivity index is 2.58. The molecule has 0 heterocycles. The second-order valence-electron chi connectivity index (χ2n) is 4.62. The average molecular weight is 234 g/mol. The summed E-state index contributed by atoms with van der Waals surface area (Å²) in [6.07, 6.45) is 3.64. The van der Waals surface area contributed by atoms with Crippen molar-refractivity contribution in [2.75, 3.05) is 0 Å². The normalized spacial score (nSPS) is 10.6. The maximum absolute atomic E-state index is 11.6. The zero-order valence-corrected chi connectivity index (χ0v) is 11.0. The van der Waals surface area contributed by atoms with E-state index in [1.165, 1.54) is 0 Å². The van der Waals surface area contributed by atoms with Gasteiger partial charge in [-0.1, -0.05) is 51.8 Å². The van der Waals surface area contributed by atoms with E-state index >= 15 is 0 Å². The molecule has 94 valence electrons. The molecule has 2 heteroatoms. The van der Waals surface area contributed by atoms with Gasteiger partial charge in [0.25, 0.3) is 0 Å². The van der Waals surface area contributed by atoms with Gasteiger partial charge in [-0.3, -0.25) is 4.79 Å². The summed E-state index contributed by atoms with van der Waals surface area (Å²) in [5, 5.41) is 0. The number of carbonyl (C=O) groups is 1. The quantitative estimate of drug-likeness (QED) is 0.417. The zero-order valence-electron chi connectivity index (χ0n) is 11.0. The number of ether oxygens (including phenoxy) is 1. The van der Waals surface area contributed by atoms with Gasteiger partial charge in [-0.2, -0.15) is 0 Å². The van der Waals surface area contributed by atoms with E-state index < -0.39 is 0 Å². The van der Waals surface area contributed by atoms with Crippen LogP contribution in [0.2, 0.25) is 0 Å². The van der Waals surface area contributed by atoms with E-state index in [1.807, 2.05) is 24.3 Å². The minimum absolute atomic E-state index is 0.119. The van der Waals surface area contributed by atoms with Gasteiger partial charge >= 0.3 is 5.97 Å². The average Bonchev–Trinajstić information content (AvgIpc) is 2.29. The van der Waals surface area contributed by atoms with Crippen LogP contribution < -0.4 is 4.74 Å². The third kappa shape index (κ3) is 4.59. The number of hydrogen-bond donors (Lipinski definition) is 0. The molecule has 0 N–H and O–H groups in total. The SMILES string of the molecule is CCCCCC(=O)Oc1ccccc1C(C)C. The van der Waals surface area contributed by atoms with Crippen molar-refractivity contribution in [3.8, 4) is 5.75 Å². The number of benzene rings is 1. The highest BCUT2D eigenvalue weighted by molar-refractivity contribution is 5.72. The summed E-state index contributed by atoms with van der Waals surface area (Å²) in [7, 11) is 0. The van der Waals surface area contributed by atoms with Gasteiger partial charge in [0.2, 0.25) is 0 Å². The first kappa shape index (κ1) is 13.8. The van der Waals surface area contributed by atoms with Crippen LogP contribution in [0.25, 0.3) is 0 Å². The van der Waals surface area contributed by atoms with Gasteiger partial charge in [-0.15, -0.1) is 0 Å². The Bertz CT molecular complexity index is 356.